The van der Waals surface area contributed by atoms with E-state index in [1.54, 1.807) is 24.3 Å². The number of rotatable bonds is 4. The highest BCUT2D eigenvalue weighted by atomic mass is 79.9. The molecule has 0 radical (unpaired) electrons. The van der Waals surface area contributed by atoms with Gasteiger partial charge in [0.25, 0.3) is 5.56 Å². The van der Waals surface area contributed by atoms with Gasteiger partial charge < -0.3 is 9.30 Å². The van der Waals surface area contributed by atoms with Crippen LogP contribution in [0.15, 0.2) is 33.5 Å². The number of esters is 1. The molecule has 2 aromatic rings. The van der Waals surface area contributed by atoms with E-state index in [0.29, 0.717) is 23.7 Å². The summed E-state index contributed by atoms with van der Waals surface area (Å²) in [6.07, 6.45) is 2.18. The van der Waals surface area contributed by atoms with Gasteiger partial charge in [0.1, 0.15) is 5.69 Å². The summed E-state index contributed by atoms with van der Waals surface area (Å²) < 4.78 is 7.13. The number of pyridine rings is 1. The first kappa shape index (κ1) is 15.8. The third-order valence-electron chi connectivity index (χ3n) is 4.37. The van der Waals surface area contributed by atoms with Gasteiger partial charge in [-0.3, -0.25) is 4.79 Å². The Hall–Kier alpha value is -2.13. The van der Waals surface area contributed by atoms with E-state index in [-0.39, 0.29) is 16.7 Å². The number of hydrogen-bond donors (Lipinski definition) is 0. The van der Waals surface area contributed by atoms with E-state index in [1.807, 2.05) is 0 Å². The van der Waals surface area contributed by atoms with E-state index < -0.39 is 5.97 Å². The van der Waals surface area contributed by atoms with Crippen molar-refractivity contribution < 1.29 is 9.53 Å². The van der Waals surface area contributed by atoms with Crippen molar-refractivity contribution >= 4 is 32.7 Å². The van der Waals surface area contributed by atoms with Crippen molar-refractivity contribution in [3.63, 3.8) is 0 Å². The quantitative estimate of drug-likeness (QED) is 0.770. The zero-order valence-corrected chi connectivity index (χ0v) is 14.2. The first-order valence-corrected chi connectivity index (χ1v) is 8.07. The van der Waals surface area contributed by atoms with Gasteiger partial charge in [-0.2, -0.15) is 5.26 Å². The molecular weight excluding hydrogens is 360 g/mol. The molecule has 1 fully saturated rings. The number of nitriles is 1. The maximum atomic E-state index is 12.8. The van der Waals surface area contributed by atoms with Crippen molar-refractivity contribution in [2.24, 2.45) is 5.41 Å². The standard InChI is InChI=1S/C17H15BrN2O3/c1-23-16(22)14-9-11-8-12(18)2-3-13(11)15(21)20(14)10-17(4-5-17)6-7-19/h2-3,8-9H,4-6,10H2,1H3. The van der Waals surface area contributed by atoms with Gasteiger partial charge in [0.2, 0.25) is 0 Å². The fourth-order valence-electron chi connectivity index (χ4n) is 2.83. The lowest BCUT2D eigenvalue weighted by molar-refractivity contribution is 0.0585. The highest BCUT2D eigenvalue weighted by Crippen LogP contribution is 2.50. The Morgan fingerprint density at radius 3 is 2.78 bits per heavy atom. The van der Waals surface area contributed by atoms with Crippen LogP contribution >= 0.6 is 15.9 Å². The van der Waals surface area contributed by atoms with Crippen molar-refractivity contribution in [3.8, 4) is 6.07 Å². The zero-order valence-electron chi connectivity index (χ0n) is 12.6. The molecule has 23 heavy (non-hydrogen) atoms. The highest BCUT2D eigenvalue weighted by molar-refractivity contribution is 9.10. The molecular formula is C17H15BrN2O3. The Morgan fingerprint density at radius 1 is 1.43 bits per heavy atom. The van der Waals surface area contributed by atoms with Gasteiger partial charge in [0, 0.05) is 28.2 Å². The van der Waals surface area contributed by atoms with Gasteiger partial charge in [0.05, 0.1) is 13.2 Å². The zero-order chi connectivity index (χ0) is 16.6. The van der Waals surface area contributed by atoms with Gasteiger partial charge in [0.15, 0.2) is 0 Å². The molecule has 3 rings (SSSR count). The van der Waals surface area contributed by atoms with Crippen LogP contribution in [0, 0.1) is 16.7 Å². The first-order valence-electron chi connectivity index (χ1n) is 7.28. The molecule has 0 aliphatic heterocycles. The second kappa shape index (κ2) is 5.82. The highest BCUT2D eigenvalue weighted by Gasteiger charge is 2.43. The molecule has 1 aromatic carbocycles. The van der Waals surface area contributed by atoms with Gasteiger partial charge in [-0.1, -0.05) is 15.9 Å². The average Bonchev–Trinajstić information content (AvgIpc) is 3.29. The summed E-state index contributed by atoms with van der Waals surface area (Å²) in [5.74, 6) is -0.545. The molecule has 1 saturated carbocycles. The van der Waals surface area contributed by atoms with Crippen molar-refractivity contribution in [2.75, 3.05) is 7.11 Å². The van der Waals surface area contributed by atoms with E-state index in [4.69, 9.17) is 10.00 Å². The Bertz CT molecular complexity index is 891. The largest absolute Gasteiger partial charge is 0.464 e. The number of carbonyl (C=O) groups excluding carboxylic acids is 1. The molecule has 1 heterocycles. The summed E-state index contributed by atoms with van der Waals surface area (Å²) in [7, 11) is 1.30. The molecule has 0 N–H and O–H groups in total. The van der Waals surface area contributed by atoms with Crippen LogP contribution in [0.25, 0.3) is 10.8 Å². The van der Waals surface area contributed by atoms with Gasteiger partial charge in [-0.25, -0.2) is 4.79 Å². The third-order valence-corrected chi connectivity index (χ3v) is 4.86. The second-order valence-corrected chi connectivity index (χ2v) is 6.89. The molecule has 1 aliphatic rings. The summed E-state index contributed by atoms with van der Waals surface area (Å²) in [5, 5.41) is 10.2. The van der Waals surface area contributed by atoms with E-state index in [2.05, 4.69) is 22.0 Å². The van der Waals surface area contributed by atoms with Crippen LogP contribution in [0.4, 0.5) is 0 Å². The number of ether oxygens (including phenoxy) is 1. The molecule has 6 heteroatoms. The lowest BCUT2D eigenvalue weighted by Crippen LogP contribution is -2.30. The summed E-state index contributed by atoms with van der Waals surface area (Å²) in [6, 6.07) is 9.20. The minimum Gasteiger partial charge on any atom is -0.464 e. The van der Waals surface area contributed by atoms with Crippen molar-refractivity contribution in [1.29, 1.82) is 5.26 Å². The van der Waals surface area contributed by atoms with Crippen LogP contribution in [0.2, 0.25) is 0 Å². The van der Waals surface area contributed by atoms with E-state index in [0.717, 1.165) is 17.3 Å². The van der Waals surface area contributed by atoms with E-state index >= 15 is 0 Å². The van der Waals surface area contributed by atoms with Crippen LogP contribution in [0.5, 0.6) is 0 Å². The predicted molar refractivity (Wildman–Crippen MR) is 89.1 cm³/mol. The summed E-state index contributed by atoms with van der Waals surface area (Å²) in [5.41, 5.74) is -0.184. The van der Waals surface area contributed by atoms with Gasteiger partial charge in [-0.15, -0.1) is 0 Å². The van der Waals surface area contributed by atoms with Crippen molar-refractivity contribution in [2.45, 2.75) is 25.8 Å². The molecule has 1 aliphatic carbocycles. The Balaban J connectivity index is 2.20. The van der Waals surface area contributed by atoms with Crippen molar-refractivity contribution in [3.05, 3.63) is 44.8 Å². The monoisotopic (exact) mass is 374 g/mol. The molecule has 118 valence electrons. The van der Waals surface area contributed by atoms with Gasteiger partial charge in [-0.05, 0) is 42.5 Å². The molecule has 1 aromatic heterocycles. The normalized spacial score (nSPS) is 15.2. The number of benzene rings is 1. The topological polar surface area (TPSA) is 72.1 Å². The maximum Gasteiger partial charge on any atom is 0.354 e. The first-order chi connectivity index (χ1) is 11.0. The van der Waals surface area contributed by atoms with Crippen molar-refractivity contribution in [1.82, 2.24) is 4.57 Å². The summed E-state index contributed by atoms with van der Waals surface area (Å²) >= 11 is 3.37. The van der Waals surface area contributed by atoms with Crippen LogP contribution in [-0.2, 0) is 11.3 Å². The molecule has 0 saturated heterocycles. The predicted octanol–water partition coefficient (Wildman–Crippen LogP) is 3.24. The second-order valence-electron chi connectivity index (χ2n) is 5.98. The Kier molecular flexibility index (Phi) is 3.99. The van der Waals surface area contributed by atoms with Crippen LogP contribution < -0.4 is 5.56 Å². The number of aromatic nitrogens is 1. The maximum absolute atomic E-state index is 12.8. The third kappa shape index (κ3) is 2.89. The van der Waals surface area contributed by atoms with E-state index in [9.17, 15) is 9.59 Å². The van der Waals surface area contributed by atoms with Gasteiger partial charge >= 0.3 is 5.97 Å². The average molecular weight is 375 g/mol. The fourth-order valence-corrected chi connectivity index (χ4v) is 3.21. The lowest BCUT2D eigenvalue weighted by Gasteiger charge is -2.17. The SMILES string of the molecule is COC(=O)c1cc2cc(Br)ccc2c(=O)n1CC1(CC#N)CC1. The number of methoxy groups -OCH3 is 1. The van der Waals surface area contributed by atoms with E-state index in [1.165, 1.54) is 11.7 Å². The Labute approximate surface area is 141 Å². The summed E-state index contributed by atoms with van der Waals surface area (Å²) in [6.45, 7) is 0.371. The minimum absolute atomic E-state index is 0.190. The molecule has 0 bridgehead atoms. The summed E-state index contributed by atoms with van der Waals surface area (Å²) in [4.78, 5) is 25.0. The number of halogens is 1. The fraction of sp³-hybridized carbons (Fsp3) is 0.353. The number of carbonyl (C=O) groups is 1. The molecule has 0 amide bonds. The van der Waals surface area contributed by atoms with Crippen LogP contribution in [0.3, 0.4) is 0 Å². The van der Waals surface area contributed by atoms with Crippen LogP contribution in [-0.4, -0.2) is 17.6 Å². The molecule has 5 nitrogen and oxygen atoms in total. The molecule has 0 spiro atoms. The minimum atomic E-state index is -0.545. The lowest BCUT2D eigenvalue weighted by atomic mass is 10.0. The number of hydrogen-bond acceptors (Lipinski definition) is 4. The number of fused-ring (bicyclic) bond motifs is 1. The number of nitrogens with zero attached hydrogens (tertiary/aromatic N) is 2. The molecule has 0 atom stereocenters. The smallest absolute Gasteiger partial charge is 0.354 e. The molecule has 0 unspecified atom stereocenters. The Morgan fingerprint density at radius 2 is 2.17 bits per heavy atom. The van der Waals surface area contributed by atoms with Crippen LogP contribution in [0.1, 0.15) is 29.8 Å².